The summed E-state index contributed by atoms with van der Waals surface area (Å²) in [6, 6.07) is 6.68. The Kier molecular flexibility index (Phi) is 5.71. The van der Waals surface area contributed by atoms with Gasteiger partial charge in [0.05, 0.1) is 16.4 Å². The highest BCUT2D eigenvalue weighted by molar-refractivity contribution is 8.26. The molecule has 1 N–H and O–H groups in total. The monoisotopic (exact) mass is 430 g/mol. The molecule has 0 aromatic heterocycles. The molecule has 138 valence electrons. The molecule has 2 aliphatic heterocycles. The first-order valence-electron chi connectivity index (χ1n) is 7.75. The largest absolute Gasteiger partial charge is 0.351 e. The van der Waals surface area contributed by atoms with E-state index < -0.39 is 21.8 Å². The highest BCUT2D eigenvalue weighted by atomic mass is 35.5. The minimum atomic E-state index is -3.08. The quantitative estimate of drug-likeness (QED) is 0.579. The van der Waals surface area contributed by atoms with Gasteiger partial charge in [-0.25, -0.2) is 8.42 Å². The average molecular weight is 431 g/mol. The number of amides is 2. The van der Waals surface area contributed by atoms with Gasteiger partial charge in [-0.3, -0.25) is 14.5 Å². The minimum Gasteiger partial charge on any atom is -0.351 e. The summed E-state index contributed by atoms with van der Waals surface area (Å²) >= 11 is 12.4. The third-order valence-corrected chi connectivity index (χ3v) is 7.45. The van der Waals surface area contributed by atoms with Crippen LogP contribution in [0.2, 0.25) is 5.02 Å². The maximum atomic E-state index is 12.5. The van der Waals surface area contributed by atoms with E-state index in [0.29, 0.717) is 21.9 Å². The molecule has 2 aliphatic rings. The van der Waals surface area contributed by atoms with Crippen LogP contribution in [0.15, 0.2) is 29.2 Å². The first-order chi connectivity index (χ1) is 12.2. The van der Waals surface area contributed by atoms with Crippen molar-refractivity contribution in [3.05, 3.63) is 39.8 Å². The molecule has 1 atom stereocenters. The molecule has 1 unspecified atom stereocenters. The maximum Gasteiger partial charge on any atom is 0.266 e. The van der Waals surface area contributed by atoms with Crippen molar-refractivity contribution in [3.63, 3.8) is 0 Å². The van der Waals surface area contributed by atoms with Crippen LogP contribution in [0.25, 0.3) is 6.08 Å². The number of nitrogens with one attached hydrogen (secondary N) is 1. The fourth-order valence-corrected chi connectivity index (χ4v) is 5.81. The number of rotatable bonds is 4. The van der Waals surface area contributed by atoms with Gasteiger partial charge >= 0.3 is 0 Å². The first-order valence-corrected chi connectivity index (χ1v) is 11.2. The summed E-state index contributed by atoms with van der Waals surface area (Å²) in [6.45, 7) is -0.235. The molecule has 0 radical (unpaired) electrons. The molecule has 2 amide bonds. The third kappa shape index (κ3) is 4.46. The summed E-state index contributed by atoms with van der Waals surface area (Å²) in [6.07, 6.45) is 2.03. The van der Waals surface area contributed by atoms with Crippen LogP contribution in [0.5, 0.6) is 0 Å². The minimum absolute atomic E-state index is 0.0659. The molecule has 3 rings (SSSR count). The number of benzene rings is 1. The number of nitrogens with zero attached hydrogens (tertiary/aromatic N) is 1. The summed E-state index contributed by atoms with van der Waals surface area (Å²) in [5, 5.41) is 3.17. The normalized spacial score (nSPS) is 23.7. The lowest BCUT2D eigenvalue weighted by atomic mass is 10.2. The molecule has 6 nitrogen and oxygen atoms in total. The van der Waals surface area contributed by atoms with Crippen LogP contribution < -0.4 is 5.32 Å². The topological polar surface area (TPSA) is 83.6 Å². The molecule has 0 spiro atoms. The van der Waals surface area contributed by atoms with Gasteiger partial charge in [0.1, 0.15) is 10.9 Å². The number of sulfone groups is 1. The predicted octanol–water partition coefficient (Wildman–Crippen LogP) is 1.84. The number of carbonyl (C=O) groups excluding carboxylic acids is 2. The van der Waals surface area contributed by atoms with Crippen LogP contribution in [-0.2, 0) is 19.4 Å². The Morgan fingerprint density at radius 2 is 2.15 bits per heavy atom. The summed E-state index contributed by atoms with van der Waals surface area (Å²) in [5.41, 5.74) is 0.690. The molecule has 2 heterocycles. The lowest BCUT2D eigenvalue weighted by molar-refractivity contribution is -0.129. The molecule has 2 fully saturated rings. The summed E-state index contributed by atoms with van der Waals surface area (Å²) < 4.78 is 23.2. The number of hydrogen-bond acceptors (Lipinski definition) is 6. The second-order valence-corrected chi connectivity index (χ2v) is 10.3. The second-order valence-electron chi connectivity index (χ2n) is 5.96. The molecule has 26 heavy (non-hydrogen) atoms. The number of hydrogen-bond donors (Lipinski definition) is 1. The highest BCUT2D eigenvalue weighted by Gasteiger charge is 2.35. The number of thiocarbonyl (C=S) groups is 1. The molecular weight excluding hydrogens is 416 g/mol. The zero-order valence-electron chi connectivity index (χ0n) is 13.5. The highest BCUT2D eigenvalue weighted by Crippen LogP contribution is 2.33. The molecule has 0 bridgehead atoms. The van der Waals surface area contributed by atoms with Gasteiger partial charge in [0.2, 0.25) is 5.91 Å². The van der Waals surface area contributed by atoms with Crippen molar-refractivity contribution in [2.24, 2.45) is 0 Å². The van der Waals surface area contributed by atoms with Gasteiger partial charge in [-0.15, -0.1) is 0 Å². The Morgan fingerprint density at radius 1 is 1.42 bits per heavy atom. The van der Waals surface area contributed by atoms with Crippen molar-refractivity contribution in [1.29, 1.82) is 0 Å². The van der Waals surface area contributed by atoms with E-state index in [-0.39, 0.29) is 28.3 Å². The Labute approximate surface area is 165 Å². The molecule has 1 aromatic carbocycles. The van der Waals surface area contributed by atoms with E-state index in [1.165, 1.54) is 4.90 Å². The van der Waals surface area contributed by atoms with E-state index >= 15 is 0 Å². The van der Waals surface area contributed by atoms with Gasteiger partial charge < -0.3 is 5.32 Å². The van der Waals surface area contributed by atoms with Crippen molar-refractivity contribution in [2.75, 3.05) is 18.1 Å². The fourth-order valence-electron chi connectivity index (χ4n) is 2.70. The average Bonchev–Trinajstić information content (AvgIpc) is 3.03. The van der Waals surface area contributed by atoms with Gasteiger partial charge in [-0.2, -0.15) is 0 Å². The SMILES string of the molecule is O=C(CN1C(=O)/C(=C/c2ccccc2Cl)SC1=S)NC1CCS(=O)(=O)C1. The van der Waals surface area contributed by atoms with Crippen molar-refractivity contribution in [2.45, 2.75) is 12.5 Å². The Hall–Kier alpha value is -1.42. The Bertz CT molecular complexity index is 914. The van der Waals surface area contributed by atoms with Crippen molar-refractivity contribution < 1.29 is 18.0 Å². The molecular formula is C16H15ClN2O4S3. The van der Waals surface area contributed by atoms with E-state index in [1.807, 2.05) is 6.07 Å². The van der Waals surface area contributed by atoms with Crippen LogP contribution in [0.1, 0.15) is 12.0 Å². The summed E-state index contributed by atoms with van der Waals surface area (Å²) in [5.74, 6) is -0.792. The van der Waals surface area contributed by atoms with Crippen molar-refractivity contribution >= 4 is 67.6 Å². The smallest absolute Gasteiger partial charge is 0.266 e. The van der Waals surface area contributed by atoms with Crippen LogP contribution >= 0.6 is 35.6 Å². The number of thioether (sulfide) groups is 1. The van der Waals surface area contributed by atoms with Crippen molar-refractivity contribution in [3.8, 4) is 0 Å². The molecule has 0 saturated carbocycles. The van der Waals surface area contributed by atoms with E-state index in [0.717, 1.165) is 11.8 Å². The molecule has 0 aliphatic carbocycles. The van der Waals surface area contributed by atoms with Crippen molar-refractivity contribution in [1.82, 2.24) is 10.2 Å². The molecule has 1 aromatic rings. The van der Waals surface area contributed by atoms with E-state index in [9.17, 15) is 18.0 Å². The Morgan fingerprint density at radius 3 is 2.81 bits per heavy atom. The van der Waals surface area contributed by atoms with Gasteiger partial charge in [-0.05, 0) is 24.1 Å². The molecule has 2 saturated heterocycles. The Balaban J connectivity index is 1.66. The zero-order chi connectivity index (χ0) is 18.9. The lowest BCUT2D eigenvalue weighted by Crippen LogP contribution is -2.43. The predicted molar refractivity (Wildman–Crippen MR) is 107 cm³/mol. The number of carbonyl (C=O) groups is 2. The maximum absolute atomic E-state index is 12.5. The van der Waals surface area contributed by atoms with Crippen LogP contribution in [0.4, 0.5) is 0 Å². The van der Waals surface area contributed by atoms with E-state index in [1.54, 1.807) is 24.3 Å². The standard InChI is InChI=1S/C16H15ClN2O4S3/c17-12-4-2-1-3-10(12)7-13-15(21)19(16(24)25-13)8-14(20)18-11-5-6-26(22,23)9-11/h1-4,7,11H,5-6,8-9H2,(H,18,20)/b13-7-. The summed E-state index contributed by atoms with van der Waals surface area (Å²) in [7, 11) is -3.08. The van der Waals surface area contributed by atoms with Gasteiger partial charge in [0.15, 0.2) is 9.84 Å². The van der Waals surface area contributed by atoms with Crippen LogP contribution in [-0.4, -0.2) is 53.5 Å². The van der Waals surface area contributed by atoms with E-state index in [4.69, 9.17) is 23.8 Å². The first kappa shape index (κ1) is 19.3. The van der Waals surface area contributed by atoms with Crippen LogP contribution in [0, 0.1) is 0 Å². The van der Waals surface area contributed by atoms with Crippen LogP contribution in [0.3, 0.4) is 0 Å². The zero-order valence-corrected chi connectivity index (χ0v) is 16.7. The lowest BCUT2D eigenvalue weighted by Gasteiger charge is -2.16. The number of halogens is 1. The third-order valence-electron chi connectivity index (χ3n) is 3.96. The van der Waals surface area contributed by atoms with E-state index in [2.05, 4.69) is 5.32 Å². The summed E-state index contributed by atoms with van der Waals surface area (Å²) in [4.78, 5) is 26.3. The van der Waals surface area contributed by atoms with Gasteiger partial charge in [-0.1, -0.05) is 53.8 Å². The van der Waals surface area contributed by atoms with Gasteiger partial charge in [0, 0.05) is 11.1 Å². The van der Waals surface area contributed by atoms with Gasteiger partial charge in [0.25, 0.3) is 5.91 Å². The fraction of sp³-hybridized carbons (Fsp3) is 0.312. The second kappa shape index (κ2) is 7.67. The molecule has 10 heteroatoms.